The van der Waals surface area contributed by atoms with Crippen LogP contribution < -0.4 is 10.1 Å². The van der Waals surface area contributed by atoms with E-state index in [-0.39, 0.29) is 5.91 Å². The summed E-state index contributed by atoms with van der Waals surface area (Å²) in [6, 6.07) is 11.1. The molecule has 1 N–H and O–H groups in total. The molecule has 0 spiro atoms. The molecule has 0 bridgehead atoms. The zero-order valence-electron chi connectivity index (χ0n) is 12.6. The van der Waals surface area contributed by atoms with Crippen molar-refractivity contribution in [1.29, 1.82) is 0 Å². The highest BCUT2D eigenvalue weighted by atomic mass is 79.9. The van der Waals surface area contributed by atoms with Crippen molar-refractivity contribution in [2.24, 2.45) is 0 Å². The SMILES string of the molecule is Cc1cccc(C)c1NC(=O)[C@H](C)Oc1ccc(Cl)cc1Br. The highest BCUT2D eigenvalue weighted by Crippen LogP contribution is 2.29. The van der Waals surface area contributed by atoms with Gasteiger partial charge in [-0.25, -0.2) is 0 Å². The number of rotatable bonds is 4. The molecule has 2 aromatic rings. The van der Waals surface area contributed by atoms with E-state index in [4.69, 9.17) is 16.3 Å². The van der Waals surface area contributed by atoms with Gasteiger partial charge in [-0.3, -0.25) is 4.79 Å². The number of amides is 1. The number of hydrogen-bond acceptors (Lipinski definition) is 2. The second-order valence-electron chi connectivity index (χ2n) is 5.09. The van der Waals surface area contributed by atoms with Gasteiger partial charge < -0.3 is 10.1 Å². The maximum absolute atomic E-state index is 12.3. The molecule has 0 saturated heterocycles. The topological polar surface area (TPSA) is 38.3 Å². The van der Waals surface area contributed by atoms with Crippen LogP contribution in [0.5, 0.6) is 5.75 Å². The predicted octanol–water partition coefficient (Wildman–Crippen LogP) is 5.13. The first-order valence-electron chi connectivity index (χ1n) is 6.87. The zero-order chi connectivity index (χ0) is 16.3. The summed E-state index contributed by atoms with van der Waals surface area (Å²) in [4.78, 5) is 12.3. The van der Waals surface area contributed by atoms with Gasteiger partial charge in [-0.1, -0.05) is 29.8 Å². The largest absolute Gasteiger partial charge is 0.480 e. The summed E-state index contributed by atoms with van der Waals surface area (Å²) < 4.78 is 6.41. The van der Waals surface area contributed by atoms with Gasteiger partial charge in [0.25, 0.3) is 5.91 Å². The van der Waals surface area contributed by atoms with Crippen molar-refractivity contribution in [3.63, 3.8) is 0 Å². The second kappa shape index (κ2) is 7.16. The quantitative estimate of drug-likeness (QED) is 0.796. The van der Waals surface area contributed by atoms with Crippen molar-refractivity contribution in [3.8, 4) is 5.75 Å². The minimum atomic E-state index is -0.628. The van der Waals surface area contributed by atoms with Crippen molar-refractivity contribution in [2.45, 2.75) is 26.9 Å². The molecule has 3 nitrogen and oxygen atoms in total. The Morgan fingerprint density at radius 3 is 2.45 bits per heavy atom. The minimum Gasteiger partial charge on any atom is -0.480 e. The molecule has 0 saturated carbocycles. The van der Waals surface area contributed by atoms with Crippen LogP contribution in [0.3, 0.4) is 0 Å². The second-order valence-corrected chi connectivity index (χ2v) is 6.38. The highest BCUT2D eigenvalue weighted by Gasteiger charge is 2.17. The lowest BCUT2D eigenvalue weighted by Gasteiger charge is -2.17. The van der Waals surface area contributed by atoms with Gasteiger partial charge in [0, 0.05) is 10.7 Å². The first kappa shape index (κ1) is 16.8. The maximum Gasteiger partial charge on any atom is 0.265 e. The van der Waals surface area contributed by atoms with E-state index in [9.17, 15) is 4.79 Å². The van der Waals surface area contributed by atoms with E-state index in [1.807, 2.05) is 32.0 Å². The third-order valence-corrected chi connectivity index (χ3v) is 4.15. The number of carbonyl (C=O) groups is 1. The van der Waals surface area contributed by atoms with E-state index in [1.165, 1.54) is 0 Å². The van der Waals surface area contributed by atoms with E-state index in [0.29, 0.717) is 15.2 Å². The third kappa shape index (κ3) is 4.02. The molecule has 0 heterocycles. The Balaban J connectivity index is 2.09. The summed E-state index contributed by atoms with van der Waals surface area (Å²) in [6.07, 6.45) is -0.628. The molecule has 116 valence electrons. The molecule has 0 aliphatic heterocycles. The average Bonchev–Trinajstić information content (AvgIpc) is 2.45. The number of benzene rings is 2. The fourth-order valence-corrected chi connectivity index (χ4v) is 2.83. The van der Waals surface area contributed by atoms with Gasteiger partial charge in [-0.2, -0.15) is 0 Å². The average molecular weight is 383 g/mol. The van der Waals surface area contributed by atoms with Crippen molar-refractivity contribution in [3.05, 3.63) is 57.0 Å². The van der Waals surface area contributed by atoms with E-state index in [0.717, 1.165) is 16.8 Å². The summed E-state index contributed by atoms with van der Waals surface area (Å²) in [6.45, 7) is 5.64. The summed E-state index contributed by atoms with van der Waals surface area (Å²) in [7, 11) is 0. The number of nitrogens with one attached hydrogen (secondary N) is 1. The number of ether oxygens (including phenoxy) is 1. The Morgan fingerprint density at radius 1 is 1.23 bits per heavy atom. The standard InChI is InChI=1S/C17H17BrClNO2/c1-10-5-4-6-11(2)16(10)20-17(21)12(3)22-15-8-7-13(19)9-14(15)18/h4-9,12H,1-3H3,(H,20,21)/t12-/m0/s1. The van der Waals surface area contributed by atoms with Crippen LogP contribution in [-0.2, 0) is 4.79 Å². The van der Waals surface area contributed by atoms with Gasteiger partial charge in [0.05, 0.1) is 4.47 Å². The van der Waals surface area contributed by atoms with Crippen molar-refractivity contribution in [2.75, 3.05) is 5.32 Å². The monoisotopic (exact) mass is 381 g/mol. The summed E-state index contributed by atoms with van der Waals surface area (Å²) in [5.74, 6) is 0.382. The Morgan fingerprint density at radius 2 is 1.86 bits per heavy atom. The Bertz CT molecular complexity index is 683. The number of para-hydroxylation sites is 1. The van der Waals surface area contributed by atoms with E-state index in [1.54, 1.807) is 25.1 Å². The number of carbonyl (C=O) groups excluding carboxylic acids is 1. The molecule has 2 aromatic carbocycles. The third-order valence-electron chi connectivity index (χ3n) is 3.30. The van der Waals surface area contributed by atoms with Crippen molar-refractivity contribution >= 4 is 39.1 Å². The van der Waals surface area contributed by atoms with Crippen LogP contribution in [0, 0.1) is 13.8 Å². The lowest BCUT2D eigenvalue weighted by molar-refractivity contribution is -0.122. The summed E-state index contributed by atoms with van der Waals surface area (Å²) in [5.41, 5.74) is 2.87. The molecule has 0 radical (unpaired) electrons. The highest BCUT2D eigenvalue weighted by molar-refractivity contribution is 9.10. The zero-order valence-corrected chi connectivity index (χ0v) is 15.0. The van der Waals surface area contributed by atoms with Gasteiger partial charge in [0.15, 0.2) is 6.10 Å². The van der Waals surface area contributed by atoms with E-state index in [2.05, 4.69) is 21.2 Å². The van der Waals surface area contributed by atoms with Crippen LogP contribution >= 0.6 is 27.5 Å². The Labute approximate surface area is 143 Å². The van der Waals surface area contributed by atoms with Crippen LogP contribution in [0.2, 0.25) is 5.02 Å². The van der Waals surface area contributed by atoms with Gasteiger partial charge in [0.2, 0.25) is 0 Å². The maximum atomic E-state index is 12.3. The van der Waals surface area contributed by atoms with Gasteiger partial charge >= 0.3 is 0 Å². The first-order chi connectivity index (χ1) is 10.4. The van der Waals surface area contributed by atoms with Gasteiger partial charge in [-0.05, 0) is 66.0 Å². The first-order valence-corrected chi connectivity index (χ1v) is 8.04. The van der Waals surface area contributed by atoms with E-state index >= 15 is 0 Å². The minimum absolute atomic E-state index is 0.195. The van der Waals surface area contributed by atoms with Crippen molar-refractivity contribution < 1.29 is 9.53 Å². The number of hydrogen-bond donors (Lipinski definition) is 1. The summed E-state index contributed by atoms with van der Waals surface area (Å²) >= 11 is 9.27. The molecule has 0 aliphatic carbocycles. The molecular weight excluding hydrogens is 366 g/mol. The molecule has 22 heavy (non-hydrogen) atoms. The van der Waals surface area contributed by atoms with E-state index < -0.39 is 6.10 Å². The fraction of sp³-hybridized carbons (Fsp3) is 0.235. The van der Waals surface area contributed by atoms with Crippen LogP contribution in [0.1, 0.15) is 18.1 Å². The lowest BCUT2D eigenvalue weighted by Crippen LogP contribution is -2.30. The molecular formula is C17H17BrClNO2. The molecule has 0 aromatic heterocycles. The Hall–Kier alpha value is -1.52. The molecule has 0 fully saturated rings. The normalized spacial score (nSPS) is 11.9. The van der Waals surface area contributed by atoms with Crippen LogP contribution in [-0.4, -0.2) is 12.0 Å². The molecule has 1 amide bonds. The smallest absolute Gasteiger partial charge is 0.265 e. The lowest BCUT2D eigenvalue weighted by atomic mass is 10.1. The Kier molecular flexibility index (Phi) is 5.48. The predicted molar refractivity (Wildman–Crippen MR) is 93.8 cm³/mol. The fourth-order valence-electron chi connectivity index (χ4n) is 2.05. The molecule has 0 aliphatic rings. The van der Waals surface area contributed by atoms with Crippen LogP contribution in [0.25, 0.3) is 0 Å². The van der Waals surface area contributed by atoms with Gasteiger partial charge in [-0.15, -0.1) is 0 Å². The van der Waals surface area contributed by atoms with Crippen LogP contribution in [0.4, 0.5) is 5.69 Å². The number of halogens is 2. The molecule has 2 rings (SSSR count). The molecule has 5 heteroatoms. The summed E-state index contributed by atoms with van der Waals surface area (Å²) in [5, 5.41) is 3.53. The number of aryl methyl sites for hydroxylation is 2. The molecule has 1 atom stereocenters. The van der Waals surface area contributed by atoms with Crippen molar-refractivity contribution in [1.82, 2.24) is 0 Å². The van der Waals surface area contributed by atoms with Gasteiger partial charge in [0.1, 0.15) is 5.75 Å². The molecule has 0 unspecified atom stereocenters. The number of anilines is 1. The van der Waals surface area contributed by atoms with Crippen LogP contribution in [0.15, 0.2) is 40.9 Å².